The third-order valence-electron chi connectivity index (χ3n) is 2.10. The summed E-state index contributed by atoms with van der Waals surface area (Å²) in [5, 5.41) is 4.28. The summed E-state index contributed by atoms with van der Waals surface area (Å²) in [5.74, 6) is 0. The average molecular weight is 188 g/mol. The van der Waals surface area contributed by atoms with Crippen LogP contribution in [0.5, 0.6) is 0 Å². The standard InChI is InChI=1S/C11H14N3/c1-2-9-13-10-8-12-14(13)11-6-4-3-5-7-11/h3-8,10H,2,9H2,1H3/q+1. The van der Waals surface area contributed by atoms with E-state index in [0.29, 0.717) is 0 Å². The van der Waals surface area contributed by atoms with E-state index in [2.05, 4.69) is 28.8 Å². The molecule has 0 aliphatic heterocycles. The molecule has 0 saturated carbocycles. The molecular weight excluding hydrogens is 174 g/mol. The molecule has 0 N–H and O–H groups in total. The maximum absolute atomic E-state index is 4.28. The zero-order chi connectivity index (χ0) is 9.80. The van der Waals surface area contributed by atoms with Crippen LogP contribution in [0, 0.1) is 0 Å². The maximum atomic E-state index is 4.28. The Balaban J connectivity index is 2.37. The van der Waals surface area contributed by atoms with Crippen LogP contribution in [0.25, 0.3) is 5.69 Å². The molecular formula is C11H14N3+. The Morgan fingerprint density at radius 2 is 2.07 bits per heavy atom. The molecule has 0 amide bonds. The predicted octanol–water partition coefficient (Wildman–Crippen LogP) is 1.57. The summed E-state index contributed by atoms with van der Waals surface area (Å²) < 4.78 is 2.11. The fraction of sp³-hybridized carbons (Fsp3) is 0.273. The summed E-state index contributed by atoms with van der Waals surface area (Å²) >= 11 is 0. The first-order valence-corrected chi connectivity index (χ1v) is 4.91. The molecule has 1 aromatic carbocycles. The molecule has 72 valence electrons. The van der Waals surface area contributed by atoms with Crippen LogP contribution in [0.4, 0.5) is 0 Å². The predicted molar refractivity (Wildman–Crippen MR) is 54.1 cm³/mol. The van der Waals surface area contributed by atoms with Crippen LogP contribution in [0.15, 0.2) is 42.7 Å². The van der Waals surface area contributed by atoms with Crippen molar-refractivity contribution in [2.75, 3.05) is 0 Å². The lowest BCUT2D eigenvalue weighted by Gasteiger charge is -1.99. The largest absolute Gasteiger partial charge is 0.206 e. The van der Waals surface area contributed by atoms with E-state index < -0.39 is 0 Å². The van der Waals surface area contributed by atoms with Crippen LogP contribution in [0.2, 0.25) is 0 Å². The van der Waals surface area contributed by atoms with Crippen molar-refractivity contribution in [3.05, 3.63) is 42.7 Å². The monoisotopic (exact) mass is 188 g/mol. The third-order valence-corrected chi connectivity index (χ3v) is 2.10. The summed E-state index contributed by atoms with van der Waals surface area (Å²) in [5.41, 5.74) is 1.10. The highest BCUT2D eigenvalue weighted by atomic mass is 15.5. The summed E-state index contributed by atoms with van der Waals surface area (Å²) in [6, 6.07) is 10.2. The molecule has 2 aromatic rings. The molecule has 0 unspecified atom stereocenters. The van der Waals surface area contributed by atoms with Crippen molar-refractivity contribution >= 4 is 0 Å². The zero-order valence-electron chi connectivity index (χ0n) is 8.30. The van der Waals surface area contributed by atoms with Crippen LogP contribution in [0.3, 0.4) is 0 Å². The molecule has 0 bridgehead atoms. The number of benzene rings is 1. The van der Waals surface area contributed by atoms with Crippen LogP contribution in [0.1, 0.15) is 13.3 Å². The highest BCUT2D eigenvalue weighted by molar-refractivity contribution is 5.27. The van der Waals surface area contributed by atoms with E-state index in [1.165, 1.54) is 0 Å². The number of rotatable bonds is 3. The van der Waals surface area contributed by atoms with Gasteiger partial charge in [-0.05, 0) is 23.4 Å². The van der Waals surface area contributed by atoms with Crippen molar-refractivity contribution in [3.8, 4) is 5.69 Å². The van der Waals surface area contributed by atoms with E-state index in [1.807, 2.05) is 35.4 Å². The van der Waals surface area contributed by atoms with Gasteiger partial charge in [0.1, 0.15) is 12.2 Å². The molecule has 14 heavy (non-hydrogen) atoms. The van der Waals surface area contributed by atoms with Crippen molar-refractivity contribution in [1.29, 1.82) is 0 Å². The second kappa shape index (κ2) is 4.05. The second-order valence-corrected chi connectivity index (χ2v) is 3.20. The van der Waals surface area contributed by atoms with E-state index in [1.54, 1.807) is 0 Å². The van der Waals surface area contributed by atoms with Gasteiger partial charge in [0.15, 0.2) is 6.20 Å². The van der Waals surface area contributed by atoms with Gasteiger partial charge in [-0.15, -0.1) is 0 Å². The quantitative estimate of drug-likeness (QED) is 0.670. The fourth-order valence-corrected chi connectivity index (χ4v) is 1.47. The Kier molecular flexibility index (Phi) is 2.58. The molecule has 0 atom stereocenters. The molecule has 0 fully saturated rings. The van der Waals surface area contributed by atoms with Gasteiger partial charge < -0.3 is 0 Å². The number of para-hydroxylation sites is 1. The smallest absolute Gasteiger partial charge is 0.156 e. The Morgan fingerprint density at radius 3 is 2.79 bits per heavy atom. The van der Waals surface area contributed by atoms with Gasteiger partial charge in [0.2, 0.25) is 6.20 Å². The van der Waals surface area contributed by atoms with Crippen molar-refractivity contribution < 1.29 is 4.68 Å². The molecule has 1 heterocycles. The second-order valence-electron chi connectivity index (χ2n) is 3.20. The number of hydrogen-bond acceptors (Lipinski definition) is 1. The van der Waals surface area contributed by atoms with E-state index in [-0.39, 0.29) is 0 Å². The molecule has 0 aliphatic carbocycles. The molecule has 0 aliphatic rings. The lowest BCUT2D eigenvalue weighted by Crippen LogP contribution is -2.42. The van der Waals surface area contributed by atoms with Gasteiger partial charge in [0.05, 0.1) is 0 Å². The van der Waals surface area contributed by atoms with E-state index in [4.69, 9.17) is 0 Å². The van der Waals surface area contributed by atoms with Gasteiger partial charge in [0.25, 0.3) is 0 Å². The lowest BCUT2D eigenvalue weighted by atomic mass is 10.3. The molecule has 3 nitrogen and oxygen atoms in total. The van der Waals surface area contributed by atoms with Gasteiger partial charge in [0, 0.05) is 5.10 Å². The first-order valence-electron chi connectivity index (χ1n) is 4.91. The van der Waals surface area contributed by atoms with Crippen LogP contribution >= 0.6 is 0 Å². The minimum atomic E-state index is 0.995. The summed E-state index contributed by atoms with van der Waals surface area (Å²) in [6.45, 7) is 3.16. The van der Waals surface area contributed by atoms with Crippen molar-refractivity contribution in [2.45, 2.75) is 19.9 Å². The van der Waals surface area contributed by atoms with Gasteiger partial charge in [-0.25, -0.2) is 0 Å². The highest BCUT2D eigenvalue weighted by Crippen LogP contribution is 2.01. The van der Waals surface area contributed by atoms with E-state index in [9.17, 15) is 0 Å². The van der Waals surface area contributed by atoms with E-state index >= 15 is 0 Å². The molecule has 1 aromatic heterocycles. The first kappa shape index (κ1) is 8.94. The van der Waals surface area contributed by atoms with Crippen LogP contribution in [-0.2, 0) is 6.54 Å². The Hall–Kier alpha value is -1.64. The number of aromatic nitrogens is 3. The highest BCUT2D eigenvalue weighted by Gasteiger charge is 2.08. The van der Waals surface area contributed by atoms with Gasteiger partial charge in [-0.1, -0.05) is 25.1 Å². The van der Waals surface area contributed by atoms with Crippen LogP contribution in [-0.4, -0.2) is 9.90 Å². The molecule has 2 rings (SSSR count). The summed E-state index contributed by atoms with van der Waals surface area (Å²) in [7, 11) is 0. The summed E-state index contributed by atoms with van der Waals surface area (Å²) in [4.78, 5) is 1.92. The average Bonchev–Trinajstić information content (AvgIpc) is 2.68. The van der Waals surface area contributed by atoms with Gasteiger partial charge >= 0.3 is 0 Å². The molecule has 0 spiro atoms. The van der Waals surface area contributed by atoms with Crippen molar-refractivity contribution in [1.82, 2.24) is 9.90 Å². The van der Waals surface area contributed by atoms with E-state index in [0.717, 1.165) is 18.7 Å². The minimum Gasteiger partial charge on any atom is -0.156 e. The normalized spacial score (nSPS) is 10.4. The Morgan fingerprint density at radius 1 is 1.29 bits per heavy atom. The fourth-order valence-electron chi connectivity index (χ4n) is 1.47. The maximum Gasteiger partial charge on any atom is 0.206 e. The number of hydrogen-bond donors (Lipinski definition) is 0. The molecule has 0 radical (unpaired) electrons. The topological polar surface area (TPSA) is 21.7 Å². The number of nitrogens with zero attached hydrogens (tertiary/aromatic N) is 3. The first-order chi connectivity index (χ1) is 6.92. The lowest BCUT2D eigenvalue weighted by molar-refractivity contribution is -0.770. The SMILES string of the molecule is CCC[n+]1ccnn1-c1ccccc1. The Labute approximate surface area is 83.6 Å². The van der Waals surface area contributed by atoms with Crippen molar-refractivity contribution in [2.24, 2.45) is 0 Å². The molecule has 3 heteroatoms. The summed E-state index contributed by atoms with van der Waals surface area (Å²) in [6.07, 6.45) is 4.93. The van der Waals surface area contributed by atoms with Crippen LogP contribution < -0.4 is 4.68 Å². The van der Waals surface area contributed by atoms with Crippen molar-refractivity contribution in [3.63, 3.8) is 0 Å². The van der Waals surface area contributed by atoms with Gasteiger partial charge in [-0.2, -0.15) is 4.68 Å². The zero-order valence-corrected chi connectivity index (χ0v) is 8.30. The minimum absolute atomic E-state index is 0.995. The number of aryl methyl sites for hydroxylation is 1. The Bertz CT molecular complexity index is 392. The van der Waals surface area contributed by atoms with Gasteiger partial charge in [-0.3, -0.25) is 0 Å². The molecule has 0 saturated heterocycles. The third kappa shape index (κ3) is 1.66.